The van der Waals surface area contributed by atoms with Crippen molar-refractivity contribution >= 4 is 33.3 Å². The molecule has 0 fully saturated rings. The molecule has 3 aromatic rings. The van der Waals surface area contributed by atoms with Crippen LogP contribution in [0.3, 0.4) is 0 Å². The third kappa shape index (κ3) is 3.11. The second-order valence-electron chi connectivity index (χ2n) is 7.26. The minimum Gasteiger partial charge on any atom is -0.328 e. The Bertz CT molecular complexity index is 1220. The lowest BCUT2D eigenvalue weighted by Gasteiger charge is -2.32. The molecule has 1 N–H and O–H groups in total. The van der Waals surface area contributed by atoms with Gasteiger partial charge in [-0.3, -0.25) is 14.9 Å². The fourth-order valence-electron chi connectivity index (χ4n) is 3.99. The minimum absolute atomic E-state index is 0.0229. The molecular formula is C21H16BrN5O3. The second-order valence-corrected chi connectivity index (χ2v) is 8.17. The first-order valence-electron chi connectivity index (χ1n) is 9.51. The first-order valence-corrected chi connectivity index (χ1v) is 10.3. The second kappa shape index (κ2) is 7.17. The Balaban J connectivity index is 1.65. The van der Waals surface area contributed by atoms with Crippen molar-refractivity contribution in [3.05, 3.63) is 80.0 Å². The number of fused-ring (bicyclic) bond motifs is 1. The number of hydrogen-bond donors (Lipinski definition) is 1. The number of carbonyl (C=O) groups excluding carboxylic acids is 1. The van der Waals surface area contributed by atoms with Crippen LogP contribution in [-0.2, 0) is 4.79 Å². The van der Waals surface area contributed by atoms with Crippen LogP contribution >= 0.6 is 15.9 Å². The number of non-ortho nitro benzene ring substituents is 1. The molecule has 5 rings (SSSR count). The van der Waals surface area contributed by atoms with Crippen LogP contribution in [-0.4, -0.2) is 25.5 Å². The van der Waals surface area contributed by atoms with Gasteiger partial charge in [0.25, 0.3) is 5.69 Å². The van der Waals surface area contributed by atoms with E-state index in [2.05, 4.69) is 31.3 Å². The Labute approximate surface area is 179 Å². The monoisotopic (exact) mass is 465 g/mol. The van der Waals surface area contributed by atoms with E-state index in [1.54, 1.807) is 16.8 Å². The van der Waals surface area contributed by atoms with Crippen molar-refractivity contribution in [3.63, 3.8) is 0 Å². The number of aromatic nitrogens is 3. The quantitative estimate of drug-likeness (QED) is 0.446. The van der Waals surface area contributed by atoms with Crippen molar-refractivity contribution < 1.29 is 9.72 Å². The van der Waals surface area contributed by atoms with E-state index in [-0.39, 0.29) is 11.5 Å². The fourth-order valence-corrected chi connectivity index (χ4v) is 4.25. The number of ketones is 1. The summed E-state index contributed by atoms with van der Waals surface area (Å²) in [5.41, 5.74) is 3.05. The Kier molecular flexibility index (Phi) is 4.47. The molecule has 9 heteroatoms. The molecule has 2 aliphatic rings. The van der Waals surface area contributed by atoms with E-state index in [9.17, 15) is 14.9 Å². The highest BCUT2D eigenvalue weighted by Crippen LogP contribution is 2.41. The Morgan fingerprint density at radius 3 is 2.73 bits per heavy atom. The first kappa shape index (κ1) is 18.7. The van der Waals surface area contributed by atoms with Gasteiger partial charge in [-0.1, -0.05) is 40.2 Å². The predicted octanol–water partition coefficient (Wildman–Crippen LogP) is 4.64. The van der Waals surface area contributed by atoms with Gasteiger partial charge in [0.2, 0.25) is 5.95 Å². The van der Waals surface area contributed by atoms with Crippen LogP contribution < -0.4 is 5.32 Å². The number of halogens is 1. The van der Waals surface area contributed by atoms with Crippen molar-refractivity contribution in [2.75, 3.05) is 5.32 Å². The van der Waals surface area contributed by atoms with Gasteiger partial charge in [0.05, 0.1) is 4.92 Å². The molecule has 150 valence electrons. The molecule has 0 bridgehead atoms. The Hall–Kier alpha value is -3.33. The normalized spacial score (nSPS) is 17.9. The molecule has 8 nitrogen and oxygen atoms in total. The number of nitro benzene ring substituents is 1. The molecule has 1 aromatic heterocycles. The summed E-state index contributed by atoms with van der Waals surface area (Å²) in [5, 5.41) is 19.1. The number of benzene rings is 2. The minimum atomic E-state index is -0.443. The molecule has 1 aliphatic heterocycles. The average molecular weight is 466 g/mol. The van der Waals surface area contributed by atoms with Crippen LogP contribution in [0, 0.1) is 10.1 Å². The first-order chi connectivity index (χ1) is 14.5. The SMILES string of the molecule is O=C1CCCC2=C1C(c1ccc(Br)cc1)n1nc(-c3cccc([N+](=O)[O-])c3)nc1N2. The average Bonchev–Trinajstić information content (AvgIpc) is 3.17. The van der Waals surface area contributed by atoms with Crippen molar-refractivity contribution in [1.82, 2.24) is 14.8 Å². The van der Waals surface area contributed by atoms with E-state index in [1.165, 1.54) is 12.1 Å². The van der Waals surface area contributed by atoms with Crippen LogP contribution in [0.4, 0.5) is 11.6 Å². The molecule has 1 aliphatic carbocycles. The number of Topliss-reactive ketones (excluding diaryl/α,β-unsaturated/α-hetero) is 1. The van der Waals surface area contributed by atoms with Crippen molar-refractivity contribution in [2.45, 2.75) is 25.3 Å². The van der Waals surface area contributed by atoms with Crippen molar-refractivity contribution in [1.29, 1.82) is 0 Å². The lowest BCUT2D eigenvalue weighted by molar-refractivity contribution is -0.384. The maximum Gasteiger partial charge on any atom is 0.270 e. The van der Waals surface area contributed by atoms with E-state index in [4.69, 9.17) is 0 Å². The van der Waals surface area contributed by atoms with Crippen LogP contribution in [0.5, 0.6) is 0 Å². The summed E-state index contributed by atoms with van der Waals surface area (Å²) in [4.78, 5) is 28.1. The highest BCUT2D eigenvalue weighted by molar-refractivity contribution is 9.10. The van der Waals surface area contributed by atoms with Gasteiger partial charge in [-0.15, -0.1) is 5.10 Å². The van der Waals surface area contributed by atoms with E-state index in [1.807, 2.05) is 24.3 Å². The summed E-state index contributed by atoms with van der Waals surface area (Å²) in [5.74, 6) is 1.00. The maximum absolute atomic E-state index is 12.8. The van der Waals surface area contributed by atoms with Gasteiger partial charge in [-0.2, -0.15) is 4.98 Å². The van der Waals surface area contributed by atoms with Gasteiger partial charge < -0.3 is 5.32 Å². The van der Waals surface area contributed by atoms with Gasteiger partial charge in [-0.25, -0.2) is 4.68 Å². The number of nitrogens with zero attached hydrogens (tertiary/aromatic N) is 4. The summed E-state index contributed by atoms with van der Waals surface area (Å²) in [6.45, 7) is 0. The number of rotatable bonds is 3. The standard InChI is InChI=1S/C21H16BrN5O3/c22-14-9-7-12(8-10-14)19-18-16(5-2-6-17(18)28)23-21-24-20(25-26(19)21)13-3-1-4-15(11-13)27(29)30/h1,3-4,7-11,19H,2,5-6H2,(H,23,24,25). The Morgan fingerprint density at radius 1 is 1.17 bits per heavy atom. The number of allylic oxidation sites excluding steroid dienone is 2. The number of hydrogen-bond acceptors (Lipinski definition) is 6. The molecule has 2 aromatic carbocycles. The van der Waals surface area contributed by atoms with E-state index in [0.29, 0.717) is 29.3 Å². The molecular weight excluding hydrogens is 450 g/mol. The molecule has 0 saturated heterocycles. The lowest BCUT2D eigenvalue weighted by atomic mass is 9.85. The third-order valence-corrected chi connectivity index (χ3v) is 5.90. The smallest absolute Gasteiger partial charge is 0.270 e. The lowest BCUT2D eigenvalue weighted by Crippen LogP contribution is -2.31. The van der Waals surface area contributed by atoms with Gasteiger partial charge in [0.1, 0.15) is 6.04 Å². The zero-order valence-electron chi connectivity index (χ0n) is 15.7. The van der Waals surface area contributed by atoms with Crippen molar-refractivity contribution in [2.24, 2.45) is 0 Å². The van der Waals surface area contributed by atoms with Gasteiger partial charge in [0, 0.05) is 39.9 Å². The van der Waals surface area contributed by atoms with Crippen LogP contribution in [0.2, 0.25) is 0 Å². The molecule has 0 saturated carbocycles. The summed E-state index contributed by atoms with van der Waals surface area (Å²) in [6.07, 6.45) is 2.08. The highest BCUT2D eigenvalue weighted by Gasteiger charge is 2.36. The highest BCUT2D eigenvalue weighted by atomic mass is 79.9. The molecule has 30 heavy (non-hydrogen) atoms. The number of nitrogens with one attached hydrogen (secondary N) is 1. The van der Waals surface area contributed by atoms with E-state index in [0.717, 1.165) is 28.6 Å². The number of nitro groups is 1. The van der Waals surface area contributed by atoms with Gasteiger partial charge in [-0.05, 0) is 30.5 Å². The van der Waals surface area contributed by atoms with E-state index >= 15 is 0 Å². The molecule has 1 atom stereocenters. The van der Waals surface area contributed by atoms with E-state index < -0.39 is 11.0 Å². The fraction of sp³-hybridized carbons (Fsp3) is 0.190. The molecule has 0 radical (unpaired) electrons. The zero-order chi connectivity index (χ0) is 20.8. The van der Waals surface area contributed by atoms with Crippen LogP contribution in [0.15, 0.2) is 64.3 Å². The summed E-state index contributed by atoms with van der Waals surface area (Å²) < 4.78 is 2.65. The molecule has 1 unspecified atom stereocenters. The largest absolute Gasteiger partial charge is 0.328 e. The summed E-state index contributed by atoms with van der Waals surface area (Å²) in [6, 6.07) is 13.6. The number of anilines is 1. The molecule has 2 heterocycles. The molecule has 0 amide bonds. The zero-order valence-corrected chi connectivity index (χ0v) is 17.3. The summed E-state index contributed by atoms with van der Waals surface area (Å²) in [7, 11) is 0. The van der Waals surface area contributed by atoms with Gasteiger partial charge >= 0.3 is 0 Å². The summed E-state index contributed by atoms with van der Waals surface area (Å²) >= 11 is 3.45. The maximum atomic E-state index is 12.8. The number of carbonyl (C=O) groups is 1. The van der Waals surface area contributed by atoms with Crippen molar-refractivity contribution in [3.8, 4) is 11.4 Å². The third-order valence-electron chi connectivity index (χ3n) is 5.37. The topological polar surface area (TPSA) is 103 Å². The van der Waals surface area contributed by atoms with Crippen LogP contribution in [0.25, 0.3) is 11.4 Å². The predicted molar refractivity (Wildman–Crippen MR) is 114 cm³/mol. The van der Waals surface area contributed by atoms with Crippen LogP contribution in [0.1, 0.15) is 30.9 Å². The molecule has 0 spiro atoms. The Morgan fingerprint density at radius 2 is 1.97 bits per heavy atom. The van der Waals surface area contributed by atoms with Gasteiger partial charge in [0.15, 0.2) is 11.6 Å².